The first-order valence-electron chi connectivity index (χ1n) is 4.96. The van der Waals surface area contributed by atoms with Gasteiger partial charge in [-0.2, -0.15) is 0 Å². The molecule has 94 valence electrons. The van der Waals surface area contributed by atoms with Crippen molar-refractivity contribution in [3.63, 3.8) is 0 Å². The summed E-state index contributed by atoms with van der Waals surface area (Å²) in [5, 5.41) is 1.73. The normalized spacial score (nSPS) is 12.1. The quantitative estimate of drug-likeness (QED) is 0.807. The topological polar surface area (TPSA) is 55.4 Å². The van der Waals surface area contributed by atoms with Crippen LogP contribution >= 0.6 is 11.6 Å². The van der Waals surface area contributed by atoms with Crippen LogP contribution in [0.2, 0.25) is 5.02 Å². The minimum Gasteiger partial charge on any atom is -0.383 e. The van der Waals surface area contributed by atoms with Crippen molar-refractivity contribution in [1.82, 2.24) is 4.72 Å². The molecule has 6 heteroatoms. The average Bonchev–Trinajstić information content (AvgIpc) is 2.29. The molecule has 0 heterocycles. The molecule has 0 radical (unpaired) electrons. The Morgan fingerprint density at radius 1 is 1.35 bits per heavy atom. The number of halogens is 1. The highest BCUT2D eigenvalue weighted by atomic mass is 35.5. The molecule has 17 heavy (non-hydrogen) atoms. The molecule has 0 aliphatic rings. The lowest BCUT2D eigenvalue weighted by Gasteiger charge is -2.01. The van der Waals surface area contributed by atoms with Gasteiger partial charge in [0.1, 0.15) is 0 Å². The van der Waals surface area contributed by atoms with Crippen LogP contribution in [-0.2, 0) is 14.8 Å². The summed E-state index contributed by atoms with van der Waals surface area (Å²) >= 11 is 5.72. The Labute approximate surface area is 106 Å². The zero-order valence-electron chi connectivity index (χ0n) is 9.39. The number of ether oxygens (including phenoxy) is 1. The highest BCUT2D eigenvalue weighted by molar-refractivity contribution is 7.92. The van der Waals surface area contributed by atoms with Gasteiger partial charge in [0, 0.05) is 24.1 Å². The fourth-order valence-electron chi connectivity index (χ4n) is 1.08. The maximum atomic E-state index is 11.5. The Morgan fingerprint density at radius 2 is 2.00 bits per heavy atom. The van der Waals surface area contributed by atoms with E-state index in [9.17, 15) is 8.42 Å². The van der Waals surface area contributed by atoms with Crippen molar-refractivity contribution in [3.8, 4) is 0 Å². The van der Waals surface area contributed by atoms with Gasteiger partial charge in [-0.3, -0.25) is 0 Å². The summed E-state index contributed by atoms with van der Waals surface area (Å²) in [5.74, 6) is 0. The number of sulfonamides is 1. The van der Waals surface area contributed by atoms with Crippen molar-refractivity contribution in [3.05, 3.63) is 40.3 Å². The van der Waals surface area contributed by atoms with Crippen LogP contribution in [0.3, 0.4) is 0 Å². The third-order valence-corrected chi connectivity index (χ3v) is 3.27. The molecular weight excluding hydrogens is 262 g/mol. The Morgan fingerprint density at radius 3 is 2.59 bits per heavy atom. The van der Waals surface area contributed by atoms with Crippen molar-refractivity contribution >= 4 is 27.7 Å². The lowest BCUT2D eigenvalue weighted by atomic mass is 10.2. The van der Waals surface area contributed by atoms with E-state index in [1.54, 1.807) is 24.3 Å². The molecular formula is C11H14ClNO3S. The molecule has 0 aromatic heterocycles. The number of hydrogen-bond acceptors (Lipinski definition) is 3. The predicted octanol–water partition coefficient (Wildman–Crippen LogP) is 1.88. The lowest BCUT2D eigenvalue weighted by molar-refractivity contribution is 0.204. The molecule has 0 spiro atoms. The standard InChI is InChI=1S/C11H14ClNO3S/c1-16-8-7-13-17(14,15)9-6-10-2-4-11(12)5-3-10/h2-6,9,13H,7-8H2,1H3/b9-6+. The molecule has 1 rings (SSSR count). The smallest absolute Gasteiger partial charge is 0.233 e. The van der Waals surface area contributed by atoms with Gasteiger partial charge in [0.25, 0.3) is 0 Å². The fourth-order valence-corrected chi connectivity index (χ4v) is 2.00. The minimum absolute atomic E-state index is 0.254. The highest BCUT2D eigenvalue weighted by Gasteiger charge is 2.03. The Balaban J connectivity index is 2.60. The van der Waals surface area contributed by atoms with Gasteiger partial charge in [-0.15, -0.1) is 0 Å². The predicted molar refractivity (Wildman–Crippen MR) is 69.3 cm³/mol. The van der Waals surface area contributed by atoms with Gasteiger partial charge in [0.05, 0.1) is 6.61 Å². The van der Waals surface area contributed by atoms with Crippen molar-refractivity contribution in [1.29, 1.82) is 0 Å². The SMILES string of the molecule is COCCNS(=O)(=O)/C=C/c1ccc(Cl)cc1. The molecule has 0 saturated carbocycles. The van der Waals surface area contributed by atoms with Crippen LogP contribution in [0.1, 0.15) is 5.56 Å². The van der Waals surface area contributed by atoms with E-state index in [2.05, 4.69) is 4.72 Å². The van der Waals surface area contributed by atoms with Crippen LogP contribution in [0.4, 0.5) is 0 Å². The van der Waals surface area contributed by atoms with Crippen molar-refractivity contribution in [2.45, 2.75) is 0 Å². The molecule has 0 atom stereocenters. The van der Waals surface area contributed by atoms with Crippen LogP contribution in [0.25, 0.3) is 6.08 Å². The van der Waals surface area contributed by atoms with E-state index >= 15 is 0 Å². The number of rotatable bonds is 6. The number of methoxy groups -OCH3 is 1. The van der Waals surface area contributed by atoms with Gasteiger partial charge >= 0.3 is 0 Å². The van der Waals surface area contributed by atoms with Gasteiger partial charge in [-0.05, 0) is 23.8 Å². The first-order valence-corrected chi connectivity index (χ1v) is 6.88. The van der Waals surface area contributed by atoms with Crippen LogP contribution in [-0.4, -0.2) is 28.7 Å². The van der Waals surface area contributed by atoms with Gasteiger partial charge in [0.2, 0.25) is 10.0 Å². The third kappa shape index (κ3) is 5.83. The summed E-state index contributed by atoms with van der Waals surface area (Å²) in [6.45, 7) is 0.595. The van der Waals surface area contributed by atoms with E-state index in [-0.39, 0.29) is 6.54 Å². The maximum Gasteiger partial charge on any atom is 0.233 e. The molecule has 0 unspecified atom stereocenters. The van der Waals surface area contributed by atoms with E-state index in [0.29, 0.717) is 11.6 Å². The first-order chi connectivity index (χ1) is 8.03. The van der Waals surface area contributed by atoms with E-state index < -0.39 is 10.0 Å². The molecule has 0 aliphatic carbocycles. The van der Waals surface area contributed by atoms with E-state index in [1.165, 1.54) is 13.2 Å². The van der Waals surface area contributed by atoms with Crippen LogP contribution < -0.4 is 4.72 Å². The second kappa shape index (κ2) is 6.76. The number of hydrogen-bond donors (Lipinski definition) is 1. The molecule has 1 aromatic carbocycles. The summed E-state index contributed by atoms with van der Waals surface area (Å²) in [7, 11) is -1.89. The largest absolute Gasteiger partial charge is 0.383 e. The number of nitrogens with one attached hydrogen (secondary N) is 1. The summed E-state index contributed by atoms with van der Waals surface area (Å²) in [6.07, 6.45) is 1.51. The van der Waals surface area contributed by atoms with Crippen LogP contribution in [0, 0.1) is 0 Å². The maximum absolute atomic E-state index is 11.5. The zero-order chi connectivity index (χ0) is 12.7. The first kappa shape index (κ1) is 14.2. The Hall–Kier alpha value is -0.880. The molecule has 0 fully saturated rings. The van der Waals surface area contributed by atoms with Gasteiger partial charge in [-0.25, -0.2) is 13.1 Å². The molecule has 1 N–H and O–H groups in total. The highest BCUT2D eigenvalue weighted by Crippen LogP contribution is 2.10. The van der Waals surface area contributed by atoms with Gasteiger partial charge in [0.15, 0.2) is 0 Å². The lowest BCUT2D eigenvalue weighted by Crippen LogP contribution is -2.24. The third-order valence-electron chi connectivity index (χ3n) is 1.92. The van der Waals surface area contributed by atoms with Gasteiger partial charge < -0.3 is 4.74 Å². The van der Waals surface area contributed by atoms with Gasteiger partial charge in [-0.1, -0.05) is 23.7 Å². The van der Waals surface area contributed by atoms with E-state index in [0.717, 1.165) is 11.0 Å². The monoisotopic (exact) mass is 275 g/mol. The second-order valence-corrected chi connectivity index (χ2v) is 5.37. The molecule has 0 saturated heterocycles. The van der Waals surface area contributed by atoms with Crippen LogP contribution in [0.5, 0.6) is 0 Å². The molecule has 0 bridgehead atoms. The molecule has 1 aromatic rings. The summed E-state index contributed by atoms with van der Waals surface area (Å²) in [4.78, 5) is 0. The van der Waals surface area contributed by atoms with Crippen LogP contribution in [0.15, 0.2) is 29.7 Å². The van der Waals surface area contributed by atoms with Crippen molar-refractivity contribution < 1.29 is 13.2 Å². The average molecular weight is 276 g/mol. The zero-order valence-corrected chi connectivity index (χ0v) is 11.0. The molecule has 0 aliphatic heterocycles. The fraction of sp³-hybridized carbons (Fsp3) is 0.273. The summed E-state index contributed by atoms with van der Waals surface area (Å²) in [6, 6.07) is 6.88. The second-order valence-electron chi connectivity index (χ2n) is 3.29. The van der Waals surface area contributed by atoms with E-state index in [1.807, 2.05) is 0 Å². The molecule has 4 nitrogen and oxygen atoms in total. The Bertz CT molecular complexity index is 468. The van der Waals surface area contributed by atoms with E-state index in [4.69, 9.17) is 16.3 Å². The van der Waals surface area contributed by atoms with Crippen molar-refractivity contribution in [2.75, 3.05) is 20.3 Å². The molecule has 0 amide bonds. The summed E-state index contributed by atoms with van der Waals surface area (Å²) in [5.41, 5.74) is 0.770. The minimum atomic E-state index is -3.41. The van der Waals surface area contributed by atoms with Crippen molar-refractivity contribution in [2.24, 2.45) is 0 Å². The Kier molecular flexibility index (Phi) is 5.64. The summed E-state index contributed by atoms with van der Waals surface area (Å²) < 4.78 is 30.1. The number of benzene rings is 1.